The molecule has 1 aliphatic heterocycles. The molecule has 5 nitrogen and oxygen atoms in total. The maximum atomic E-state index is 10.3. The molecule has 132 valence electrons. The molecule has 1 heterocycles. The first-order chi connectivity index (χ1) is 12.0. The lowest BCUT2D eigenvalue weighted by atomic mass is 10.0. The number of phenolic OH excluding ortho intramolecular Hbond substituents is 1. The second-order valence-corrected chi connectivity index (χ2v) is 6.22. The fourth-order valence-electron chi connectivity index (χ4n) is 2.86. The van der Waals surface area contributed by atoms with Gasteiger partial charge in [-0.2, -0.15) is 0 Å². The van der Waals surface area contributed by atoms with E-state index in [0.717, 1.165) is 29.7 Å². The Bertz CT molecular complexity index is 812. The molecule has 5 heteroatoms. The molecular formula is C20H23NO4. The van der Waals surface area contributed by atoms with Crippen molar-refractivity contribution in [3.8, 4) is 28.7 Å². The molecular weight excluding hydrogens is 318 g/mol. The third kappa shape index (κ3) is 3.42. The number of hydrogen-bond acceptors (Lipinski definition) is 5. The largest absolute Gasteiger partial charge is 0.504 e. The van der Waals surface area contributed by atoms with E-state index in [9.17, 15) is 5.11 Å². The summed E-state index contributed by atoms with van der Waals surface area (Å²) in [4.78, 5) is 2.13. The van der Waals surface area contributed by atoms with Crippen molar-refractivity contribution in [3.05, 3.63) is 41.0 Å². The minimum Gasteiger partial charge on any atom is -0.504 e. The Kier molecular flexibility index (Phi) is 4.86. The first-order valence-electron chi connectivity index (χ1n) is 8.15. The molecule has 1 aliphatic rings. The first-order valence-corrected chi connectivity index (χ1v) is 8.15. The molecule has 0 radical (unpaired) electrons. The fourth-order valence-corrected chi connectivity index (χ4v) is 2.86. The van der Waals surface area contributed by atoms with Crippen molar-refractivity contribution in [2.24, 2.45) is 0 Å². The van der Waals surface area contributed by atoms with Gasteiger partial charge in [0.1, 0.15) is 5.75 Å². The smallest absolute Gasteiger partial charge is 0.176 e. The van der Waals surface area contributed by atoms with Gasteiger partial charge in [0.2, 0.25) is 0 Å². The van der Waals surface area contributed by atoms with Gasteiger partial charge in [0, 0.05) is 23.7 Å². The summed E-state index contributed by atoms with van der Waals surface area (Å²) < 4.78 is 16.8. The summed E-state index contributed by atoms with van der Waals surface area (Å²) >= 11 is 0. The standard InChI is InChI=1S/C20H23NO4/c1-21(2)10-9-13-6-8-16(22)20-15(13)7-5-14-11-18(23-3)19(24-4)12-17(14)25-20/h5-8,11-12,22H,9-10H2,1-4H3. The van der Waals surface area contributed by atoms with Crippen molar-refractivity contribution in [2.75, 3.05) is 34.9 Å². The molecule has 0 unspecified atom stereocenters. The molecule has 0 aromatic heterocycles. The molecule has 0 saturated heterocycles. The van der Waals surface area contributed by atoms with Gasteiger partial charge in [0.15, 0.2) is 23.0 Å². The topological polar surface area (TPSA) is 51.2 Å². The van der Waals surface area contributed by atoms with E-state index in [0.29, 0.717) is 23.0 Å². The highest BCUT2D eigenvalue weighted by molar-refractivity contribution is 5.81. The molecule has 0 atom stereocenters. The van der Waals surface area contributed by atoms with Gasteiger partial charge in [0.25, 0.3) is 0 Å². The number of aromatic hydroxyl groups is 1. The normalized spacial score (nSPS) is 12.2. The third-order valence-electron chi connectivity index (χ3n) is 4.25. The third-order valence-corrected chi connectivity index (χ3v) is 4.25. The van der Waals surface area contributed by atoms with Crippen LogP contribution in [0.3, 0.4) is 0 Å². The number of ether oxygens (including phenoxy) is 3. The Morgan fingerprint density at radius 2 is 1.76 bits per heavy atom. The van der Waals surface area contributed by atoms with Gasteiger partial charge in [-0.05, 0) is 38.2 Å². The molecule has 1 N–H and O–H groups in total. The van der Waals surface area contributed by atoms with Crippen LogP contribution < -0.4 is 14.2 Å². The highest BCUT2D eigenvalue weighted by Gasteiger charge is 2.20. The van der Waals surface area contributed by atoms with Crippen LogP contribution in [0.25, 0.3) is 12.2 Å². The molecule has 25 heavy (non-hydrogen) atoms. The first kappa shape index (κ1) is 17.2. The molecule has 0 amide bonds. The number of methoxy groups -OCH3 is 2. The van der Waals surface area contributed by atoms with Crippen molar-refractivity contribution in [2.45, 2.75) is 6.42 Å². The molecule has 3 rings (SSSR count). The van der Waals surface area contributed by atoms with Crippen LogP contribution >= 0.6 is 0 Å². The van der Waals surface area contributed by atoms with Gasteiger partial charge >= 0.3 is 0 Å². The molecule has 0 saturated carbocycles. The highest BCUT2D eigenvalue weighted by atomic mass is 16.5. The van der Waals surface area contributed by atoms with Crippen LogP contribution in [0.2, 0.25) is 0 Å². The SMILES string of the molecule is COc1cc2c(cc1OC)Oc1c(O)ccc(CCN(C)C)c1C=C2. The van der Waals surface area contributed by atoms with Gasteiger partial charge in [-0.25, -0.2) is 0 Å². The van der Waals surface area contributed by atoms with E-state index >= 15 is 0 Å². The second-order valence-electron chi connectivity index (χ2n) is 6.22. The van der Waals surface area contributed by atoms with E-state index < -0.39 is 0 Å². The summed E-state index contributed by atoms with van der Waals surface area (Å²) in [6.45, 7) is 0.916. The molecule has 0 spiro atoms. The number of likely N-dealkylation sites (N-methyl/N-ethyl adjacent to an activating group) is 1. The van der Waals surface area contributed by atoms with Crippen molar-refractivity contribution in [3.63, 3.8) is 0 Å². The van der Waals surface area contributed by atoms with Gasteiger partial charge < -0.3 is 24.2 Å². The maximum absolute atomic E-state index is 10.3. The Hall–Kier alpha value is -2.66. The number of benzene rings is 2. The zero-order valence-electron chi connectivity index (χ0n) is 15.0. The number of rotatable bonds is 5. The van der Waals surface area contributed by atoms with Crippen LogP contribution in [0.5, 0.6) is 28.7 Å². The quantitative estimate of drug-likeness (QED) is 0.765. The second kappa shape index (κ2) is 7.07. The van der Waals surface area contributed by atoms with Crippen LogP contribution in [0.1, 0.15) is 16.7 Å². The Morgan fingerprint density at radius 1 is 1.04 bits per heavy atom. The van der Waals surface area contributed by atoms with E-state index in [2.05, 4.69) is 4.90 Å². The fraction of sp³-hybridized carbons (Fsp3) is 0.300. The summed E-state index contributed by atoms with van der Waals surface area (Å²) in [6, 6.07) is 7.28. The summed E-state index contributed by atoms with van der Waals surface area (Å²) in [5.74, 6) is 2.43. The lowest BCUT2D eigenvalue weighted by Crippen LogP contribution is -2.15. The van der Waals surface area contributed by atoms with E-state index in [1.165, 1.54) is 0 Å². The molecule has 0 fully saturated rings. The number of nitrogens with zero attached hydrogens (tertiary/aromatic N) is 1. The monoisotopic (exact) mass is 341 g/mol. The van der Waals surface area contributed by atoms with Crippen molar-refractivity contribution in [1.29, 1.82) is 0 Å². The zero-order chi connectivity index (χ0) is 18.0. The Labute approximate surface area is 148 Å². The van der Waals surface area contributed by atoms with Crippen LogP contribution in [0.15, 0.2) is 24.3 Å². The number of phenols is 1. The lowest BCUT2D eigenvalue weighted by molar-refractivity contribution is 0.351. The van der Waals surface area contributed by atoms with Gasteiger partial charge in [-0.1, -0.05) is 18.2 Å². The molecule has 0 bridgehead atoms. The summed E-state index contributed by atoms with van der Waals surface area (Å²) in [6.07, 6.45) is 4.83. The summed E-state index contributed by atoms with van der Waals surface area (Å²) in [7, 11) is 7.27. The van der Waals surface area contributed by atoms with E-state index in [-0.39, 0.29) is 5.75 Å². The maximum Gasteiger partial charge on any atom is 0.176 e. The zero-order valence-corrected chi connectivity index (χ0v) is 15.0. The molecule has 0 aliphatic carbocycles. The van der Waals surface area contributed by atoms with Crippen molar-refractivity contribution < 1.29 is 19.3 Å². The van der Waals surface area contributed by atoms with E-state index in [1.807, 2.05) is 38.4 Å². The van der Waals surface area contributed by atoms with Crippen LogP contribution in [0.4, 0.5) is 0 Å². The Balaban J connectivity index is 2.07. The molecule has 2 aromatic rings. The minimum absolute atomic E-state index is 0.121. The number of hydrogen-bond donors (Lipinski definition) is 1. The predicted molar refractivity (Wildman–Crippen MR) is 98.9 cm³/mol. The van der Waals surface area contributed by atoms with Crippen molar-refractivity contribution in [1.82, 2.24) is 4.90 Å². The van der Waals surface area contributed by atoms with Gasteiger partial charge in [-0.3, -0.25) is 0 Å². The van der Waals surface area contributed by atoms with E-state index in [1.54, 1.807) is 26.4 Å². The summed E-state index contributed by atoms with van der Waals surface area (Å²) in [5, 5.41) is 10.3. The molecule has 2 aromatic carbocycles. The highest BCUT2D eigenvalue weighted by Crippen LogP contribution is 2.44. The summed E-state index contributed by atoms with van der Waals surface area (Å²) in [5.41, 5.74) is 2.90. The van der Waals surface area contributed by atoms with Crippen molar-refractivity contribution >= 4 is 12.2 Å². The van der Waals surface area contributed by atoms with Crippen LogP contribution in [0, 0.1) is 0 Å². The van der Waals surface area contributed by atoms with E-state index in [4.69, 9.17) is 14.2 Å². The Morgan fingerprint density at radius 3 is 2.44 bits per heavy atom. The lowest BCUT2D eigenvalue weighted by Gasteiger charge is -2.16. The predicted octanol–water partition coefficient (Wildman–Crippen LogP) is 3.79. The average Bonchev–Trinajstić information content (AvgIpc) is 2.79. The van der Waals surface area contributed by atoms with Crippen LogP contribution in [-0.2, 0) is 6.42 Å². The average molecular weight is 341 g/mol. The van der Waals surface area contributed by atoms with Gasteiger partial charge in [0.05, 0.1) is 14.2 Å². The minimum atomic E-state index is 0.121. The number of fused-ring (bicyclic) bond motifs is 2. The van der Waals surface area contributed by atoms with Gasteiger partial charge in [-0.15, -0.1) is 0 Å². The van der Waals surface area contributed by atoms with Crippen LogP contribution in [-0.4, -0.2) is 44.9 Å².